The molecule has 0 saturated carbocycles. The van der Waals surface area contributed by atoms with Gasteiger partial charge in [-0.15, -0.1) is 0 Å². The van der Waals surface area contributed by atoms with E-state index in [0.717, 1.165) is 0 Å². The lowest BCUT2D eigenvalue weighted by Gasteiger charge is -2.43. The third-order valence-electron chi connectivity index (χ3n) is 3.07. The topological polar surface area (TPSA) is 6.48 Å². The smallest absolute Gasteiger partial charge is 0.125 e. The Hall–Kier alpha value is -0.150. The summed E-state index contributed by atoms with van der Waals surface area (Å²) in [4.78, 5) is 4.64. The van der Waals surface area contributed by atoms with Crippen LogP contribution >= 0.6 is 0 Å². The summed E-state index contributed by atoms with van der Waals surface area (Å²) < 4.78 is 12.5. The second-order valence-electron chi connectivity index (χ2n) is 4.09. The van der Waals surface area contributed by atoms with E-state index in [1.165, 1.54) is 25.9 Å². The van der Waals surface area contributed by atoms with Crippen molar-refractivity contribution >= 4 is 0 Å². The maximum absolute atomic E-state index is 12.5. The minimum atomic E-state index is -0.537. The number of likely N-dealkylation sites (tertiary alicyclic amines) is 2. The van der Waals surface area contributed by atoms with Gasteiger partial charge in [-0.1, -0.05) is 13.8 Å². The standard InChI is InChI=1S/C9H17FN2.C2H6/c1-11-4-2-9(3-5-11)12-6-8(10)7-12;1-2/h8-9H,2-7H2,1H3;1-2H3. The van der Waals surface area contributed by atoms with Gasteiger partial charge in [-0.25, -0.2) is 4.39 Å². The number of hydrogen-bond donors (Lipinski definition) is 0. The van der Waals surface area contributed by atoms with Gasteiger partial charge in [-0.3, -0.25) is 4.90 Å². The first kappa shape index (κ1) is 11.9. The summed E-state index contributed by atoms with van der Waals surface area (Å²) in [5.74, 6) is 0. The molecule has 0 aromatic heterocycles. The van der Waals surface area contributed by atoms with Crippen LogP contribution in [0.25, 0.3) is 0 Å². The summed E-state index contributed by atoms with van der Waals surface area (Å²) in [5, 5.41) is 0. The Kier molecular flexibility index (Phi) is 4.82. The molecule has 2 aliphatic rings. The fourth-order valence-electron chi connectivity index (χ4n) is 2.11. The van der Waals surface area contributed by atoms with Gasteiger partial charge in [-0.2, -0.15) is 0 Å². The van der Waals surface area contributed by atoms with E-state index < -0.39 is 6.17 Å². The SMILES string of the molecule is CC.CN1CCC(N2CC(F)C2)CC1. The Labute approximate surface area is 87.1 Å². The molecule has 2 heterocycles. The predicted octanol–water partition coefficient (Wildman–Crippen LogP) is 1.76. The van der Waals surface area contributed by atoms with Crippen molar-refractivity contribution in [1.82, 2.24) is 9.80 Å². The van der Waals surface area contributed by atoms with Crippen LogP contribution in [0, 0.1) is 0 Å². The molecule has 2 saturated heterocycles. The number of hydrogen-bond acceptors (Lipinski definition) is 2. The Morgan fingerprint density at radius 1 is 1.07 bits per heavy atom. The van der Waals surface area contributed by atoms with Crippen molar-refractivity contribution in [3.05, 3.63) is 0 Å². The molecule has 0 unspecified atom stereocenters. The minimum Gasteiger partial charge on any atom is -0.306 e. The van der Waals surface area contributed by atoms with E-state index in [4.69, 9.17) is 0 Å². The second kappa shape index (κ2) is 5.66. The van der Waals surface area contributed by atoms with Crippen LogP contribution in [-0.4, -0.2) is 55.2 Å². The minimum absolute atomic E-state index is 0.537. The molecule has 0 aromatic carbocycles. The Morgan fingerprint density at radius 2 is 1.57 bits per heavy atom. The first-order valence-corrected chi connectivity index (χ1v) is 5.82. The Bertz CT molecular complexity index is 149. The largest absolute Gasteiger partial charge is 0.306 e. The molecule has 0 spiro atoms. The molecular weight excluding hydrogens is 179 g/mol. The zero-order chi connectivity index (χ0) is 10.6. The normalized spacial score (nSPS) is 26.6. The summed E-state index contributed by atoms with van der Waals surface area (Å²) in [5.41, 5.74) is 0. The van der Waals surface area contributed by atoms with Crippen LogP contribution < -0.4 is 0 Å². The lowest BCUT2D eigenvalue weighted by atomic mass is 9.99. The lowest BCUT2D eigenvalue weighted by Crippen LogP contribution is -2.56. The molecule has 0 radical (unpaired) electrons. The molecule has 2 fully saturated rings. The summed E-state index contributed by atoms with van der Waals surface area (Å²) in [6.45, 7) is 7.74. The van der Waals surface area contributed by atoms with E-state index in [1.54, 1.807) is 0 Å². The maximum Gasteiger partial charge on any atom is 0.125 e. The molecular formula is C11H23FN2. The van der Waals surface area contributed by atoms with Crippen molar-refractivity contribution in [2.45, 2.75) is 38.9 Å². The van der Waals surface area contributed by atoms with Crippen LogP contribution in [-0.2, 0) is 0 Å². The average Bonchev–Trinajstić information content (AvgIpc) is 2.18. The molecule has 0 atom stereocenters. The third kappa shape index (κ3) is 2.92. The molecule has 0 aromatic rings. The van der Waals surface area contributed by atoms with E-state index in [9.17, 15) is 4.39 Å². The van der Waals surface area contributed by atoms with Crippen molar-refractivity contribution in [2.24, 2.45) is 0 Å². The molecule has 2 rings (SSSR count). The van der Waals surface area contributed by atoms with Gasteiger partial charge in [-0.05, 0) is 33.0 Å². The quantitative estimate of drug-likeness (QED) is 0.639. The van der Waals surface area contributed by atoms with Crippen LogP contribution in [0.5, 0.6) is 0 Å². The van der Waals surface area contributed by atoms with Gasteiger partial charge < -0.3 is 4.90 Å². The maximum atomic E-state index is 12.5. The highest BCUT2D eigenvalue weighted by atomic mass is 19.1. The number of halogens is 1. The molecule has 0 amide bonds. The van der Waals surface area contributed by atoms with E-state index in [1.807, 2.05) is 13.8 Å². The zero-order valence-electron chi connectivity index (χ0n) is 9.67. The molecule has 0 N–H and O–H groups in total. The van der Waals surface area contributed by atoms with Crippen molar-refractivity contribution in [3.63, 3.8) is 0 Å². The molecule has 2 nitrogen and oxygen atoms in total. The molecule has 2 aliphatic heterocycles. The van der Waals surface area contributed by atoms with Gasteiger partial charge in [0, 0.05) is 19.1 Å². The van der Waals surface area contributed by atoms with E-state index >= 15 is 0 Å². The summed E-state index contributed by atoms with van der Waals surface area (Å²) >= 11 is 0. The average molecular weight is 202 g/mol. The number of rotatable bonds is 1. The lowest BCUT2D eigenvalue weighted by molar-refractivity contribution is 0.00519. The molecule has 0 aliphatic carbocycles. The highest BCUT2D eigenvalue weighted by molar-refractivity contribution is 4.87. The van der Waals surface area contributed by atoms with E-state index in [0.29, 0.717) is 19.1 Å². The van der Waals surface area contributed by atoms with Gasteiger partial charge in [0.25, 0.3) is 0 Å². The van der Waals surface area contributed by atoms with Gasteiger partial charge in [0.05, 0.1) is 0 Å². The highest BCUT2D eigenvalue weighted by Gasteiger charge is 2.33. The zero-order valence-corrected chi connectivity index (χ0v) is 9.67. The summed E-state index contributed by atoms with van der Waals surface area (Å²) in [7, 11) is 2.16. The van der Waals surface area contributed by atoms with Crippen molar-refractivity contribution in [2.75, 3.05) is 33.2 Å². The highest BCUT2D eigenvalue weighted by Crippen LogP contribution is 2.22. The van der Waals surface area contributed by atoms with Gasteiger partial charge in [0.15, 0.2) is 0 Å². The molecule has 14 heavy (non-hydrogen) atoms. The van der Waals surface area contributed by atoms with Crippen LogP contribution in [0.3, 0.4) is 0 Å². The van der Waals surface area contributed by atoms with Crippen molar-refractivity contribution in [1.29, 1.82) is 0 Å². The van der Waals surface area contributed by atoms with Crippen LogP contribution in [0.1, 0.15) is 26.7 Å². The molecule has 0 bridgehead atoms. The third-order valence-corrected chi connectivity index (χ3v) is 3.07. The summed E-state index contributed by atoms with van der Waals surface area (Å²) in [6, 6.07) is 0.674. The number of nitrogens with zero attached hydrogens (tertiary/aromatic N) is 2. The van der Waals surface area contributed by atoms with Gasteiger partial charge in [0.1, 0.15) is 6.17 Å². The van der Waals surface area contributed by atoms with Crippen LogP contribution in [0.4, 0.5) is 4.39 Å². The fraction of sp³-hybridized carbons (Fsp3) is 1.00. The Balaban J connectivity index is 0.000000461. The predicted molar refractivity (Wildman–Crippen MR) is 58.3 cm³/mol. The monoisotopic (exact) mass is 202 g/mol. The molecule has 3 heteroatoms. The second-order valence-corrected chi connectivity index (χ2v) is 4.09. The summed E-state index contributed by atoms with van der Waals surface area (Å²) in [6.07, 6.45) is 1.91. The Morgan fingerprint density at radius 3 is 2.00 bits per heavy atom. The fourth-order valence-corrected chi connectivity index (χ4v) is 2.11. The van der Waals surface area contributed by atoms with Crippen molar-refractivity contribution in [3.8, 4) is 0 Å². The van der Waals surface area contributed by atoms with Crippen LogP contribution in [0.2, 0.25) is 0 Å². The van der Waals surface area contributed by atoms with Crippen molar-refractivity contribution < 1.29 is 4.39 Å². The van der Waals surface area contributed by atoms with Crippen LogP contribution in [0.15, 0.2) is 0 Å². The van der Waals surface area contributed by atoms with Gasteiger partial charge in [0.2, 0.25) is 0 Å². The first-order valence-electron chi connectivity index (χ1n) is 5.82. The van der Waals surface area contributed by atoms with E-state index in [-0.39, 0.29) is 0 Å². The number of piperidine rings is 1. The first-order chi connectivity index (χ1) is 6.75. The van der Waals surface area contributed by atoms with E-state index in [2.05, 4.69) is 16.8 Å². The van der Waals surface area contributed by atoms with Gasteiger partial charge >= 0.3 is 0 Å². The number of alkyl halides is 1. The molecule has 84 valence electrons.